The average Bonchev–Trinajstić information content (AvgIpc) is 2.21. The van der Waals surface area contributed by atoms with Crippen LogP contribution in [0.25, 0.3) is 0 Å². The van der Waals surface area contributed by atoms with Crippen molar-refractivity contribution in [2.45, 2.75) is 58.9 Å². The van der Waals surface area contributed by atoms with E-state index in [1.165, 1.54) is 32.1 Å². The topological polar surface area (TPSA) is 21.3 Å². The molecule has 15 heavy (non-hydrogen) atoms. The Morgan fingerprint density at radius 1 is 1.07 bits per heavy atom. The van der Waals surface area contributed by atoms with E-state index in [-0.39, 0.29) is 0 Å². The van der Waals surface area contributed by atoms with Crippen LogP contribution >= 0.6 is 0 Å². The summed E-state index contributed by atoms with van der Waals surface area (Å²) in [5.41, 5.74) is 0. The first-order chi connectivity index (χ1) is 7.22. The van der Waals surface area contributed by atoms with E-state index in [1.54, 1.807) is 0 Å². The molecule has 1 atom stereocenters. The molecule has 0 aliphatic carbocycles. The Bertz CT molecular complexity index is 126. The summed E-state index contributed by atoms with van der Waals surface area (Å²) in [4.78, 5) is 0. The molecule has 0 rings (SSSR count). The SMILES string of the molecule is CCCCCCCOCC(NC)C(C)C. The largest absolute Gasteiger partial charge is 0.380 e. The normalized spacial score (nSPS) is 13.4. The van der Waals surface area contributed by atoms with Gasteiger partial charge in [-0.1, -0.05) is 46.5 Å². The van der Waals surface area contributed by atoms with E-state index in [2.05, 4.69) is 26.1 Å². The summed E-state index contributed by atoms with van der Waals surface area (Å²) >= 11 is 0. The molecule has 0 aliphatic heterocycles. The molecule has 2 heteroatoms. The Hall–Kier alpha value is -0.0800. The Morgan fingerprint density at radius 3 is 2.27 bits per heavy atom. The van der Waals surface area contributed by atoms with Gasteiger partial charge in [-0.3, -0.25) is 0 Å². The maximum atomic E-state index is 5.67. The van der Waals surface area contributed by atoms with Crippen molar-refractivity contribution in [2.24, 2.45) is 5.92 Å². The molecule has 0 spiro atoms. The molecule has 0 fully saturated rings. The fraction of sp³-hybridized carbons (Fsp3) is 1.00. The van der Waals surface area contributed by atoms with Crippen LogP contribution in [-0.4, -0.2) is 26.3 Å². The van der Waals surface area contributed by atoms with Crippen molar-refractivity contribution in [2.75, 3.05) is 20.3 Å². The summed E-state index contributed by atoms with van der Waals surface area (Å²) in [6.07, 6.45) is 6.58. The minimum atomic E-state index is 0.501. The van der Waals surface area contributed by atoms with Crippen LogP contribution in [-0.2, 0) is 4.74 Å². The van der Waals surface area contributed by atoms with Crippen LogP contribution < -0.4 is 5.32 Å². The van der Waals surface area contributed by atoms with Crippen LogP contribution in [0.5, 0.6) is 0 Å². The number of ether oxygens (including phenoxy) is 1. The molecule has 0 radical (unpaired) electrons. The number of nitrogens with one attached hydrogen (secondary N) is 1. The number of unbranched alkanes of at least 4 members (excludes halogenated alkanes) is 4. The van der Waals surface area contributed by atoms with Crippen LogP contribution in [0, 0.1) is 5.92 Å². The van der Waals surface area contributed by atoms with Gasteiger partial charge in [-0.2, -0.15) is 0 Å². The van der Waals surface area contributed by atoms with Crippen LogP contribution in [0.15, 0.2) is 0 Å². The van der Waals surface area contributed by atoms with E-state index >= 15 is 0 Å². The second-order valence-electron chi connectivity index (χ2n) is 4.63. The highest BCUT2D eigenvalue weighted by Gasteiger charge is 2.09. The molecule has 0 aromatic carbocycles. The van der Waals surface area contributed by atoms with Crippen LogP contribution in [0.3, 0.4) is 0 Å². The summed E-state index contributed by atoms with van der Waals surface area (Å²) < 4.78 is 5.67. The molecule has 0 saturated heterocycles. The van der Waals surface area contributed by atoms with Gasteiger partial charge in [0, 0.05) is 12.6 Å². The zero-order valence-corrected chi connectivity index (χ0v) is 11.0. The van der Waals surface area contributed by atoms with Gasteiger partial charge in [0.1, 0.15) is 0 Å². The number of rotatable bonds is 10. The van der Waals surface area contributed by atoms with Crippen molar-refractivity contribution in [1.82, 2.24) is 5.32 Å². The highest BCUT2D eigenvalue weighted by atomic mass is 16.5. The monoisotopic (exact) mass is 215 g/mol. The lowest BCUT2D eigenvalue weighted by molar-refractivity contribution is 0.0973. The third-order valence-corrected chi connectivity index (χ3v) is 2.87. The Labute approximate surface area is 95.8 Å². The van der Waals surface area contributed by atoms with Gasteiger partial charge in [0.25, 0.3) is 0 Å². The zero-order valence-electron chi connectivity index (χ0n) is 11.0. The lowest BCUT2D eigenvalue weighted by Gasteiger charge is -2.19. The second kappa shape index (κ2) is 10.4. The smallest absolute Gasteiger partial charge is 0.0621 e. The Morgan fingerprint density at radius 2 is 1.73 bits per heavy atom. The van der Waals surface area contributed by atoms with E-state index < -0.39 is 0 Å². The van der Waals surface area contributed by atoms with Crippen LogP contribution in [0.1, 0.15) is 52.9 Å². The minimum absolute atomic E-state index is 0.501. The Kier molecular flexibility index (Phi) is 10.4. The number of hydrogen-bond acceptors (Lipinski definition) is 2. The molecule has 0 bridgehead atoms. The van der Waals surface area contributed by atoms with Gasteiger partial charge >= 0.3 is 0 Å². The fourth-order valence-electron chi connectivity index (χ4n) is 1.63. The van der Waals surface area contributed by atoms with Gasteiger partial charge in [-0.15, -0.1) is 0 Å². The number of hydrogen-bond donors (Lipinski definition) is 1. The van der Waals surface area contributed by atoms with Crippen molar-refractivity contribution >= 4 is 0 Å². The van der Waals surface area contributed by atoms with Gasteiger partial charge in [0.2, 0.25) is 0 Å². The van der Waals surface area contributed by atoms with Gasteiger partial charge in [0.15, 0.2) is 0 Å². The highest BCUT2D eigenvalue weighted by Crippen LogP contribution is 2.04. The summed E-state index contributed by atoms with van der Waals surface area (Å²) in [6, 6.07) is 0.501. The average molecular weight is 215 g/mol. The lowest BCUT2D eigenvalue weighted by atomic mass is 10.1. The van der Waals surface area contributed by atoms with E-state index in [1.807, 2.05) is 7.05 Å². The molecular weight excluding hydrogens is 186 g/mol. The van der Waals surface area contributed by atoms with Crippen molar-refractivity contribution in [3.63, 3.8) is 0 Å². The summed E-state index contributed by atoms with van der Waals surface area (Å²) in [7, 11) is 2.01. The van der Waals surface area contributed by atoms with Crippen molar-refractivity contribution in [3.05, 3.63) is 0 Å². The van der Waals surface area contributed by atoms with Gasteiger partial charge in [0.05, 0.1) is 6.61 Å². The van der Waals surface area contributed by atoms with Crippen molar-refractivity contribution in [3.8, 4) is 0 Å². The summed E-state index contributed by atoms with van der Waals surface area (Å²) in [6.45, 7) is 8.48. The molecular formula is C13H29NO. The summed E-state index contributed by atoms with van der Waals surface area (Å²) in [5.74, 6) is 0.648. The fourth-order valence-corrected chi connectivity index (χ4v) is 1.63. The quantitative estimate of drug-likeness (QED) is 0.565. The van der Waals surface area contributed by atoms with E-state index in [4.69, 9.17) is 4.74 Å². The molecule has 0 aromatic heterocycles. The molecule has 1 unspecified atom stereocenters. The number of likely N-dealkylation sites (N-methyl/N-ethyl adjacent to an activating group) is 1. The minimum Gasteiger partial charge on any atom is -0.380 e. The van der Waals surface area contributed by atoms with Crippen molar-refractivity contribution < 1.29 is 4.74 Å². The predicted molar refractivity (Wildman–Crippen MR) is 67.3 cm³/mol. The molecule has 92 valence electrons. The second-order valence-corrected chi connectivity index (χ2v) is 4.63. The first-order valence-electron chi connectivity index (χ1n) is 6.47. The Balaban J connectivity index is 3.22. The lowest BCUT2D eigenvalue weighted by Crippen LogP contribution is -2.35. The first-order valence-corrected chi connectivity index (χ1v) is 6.47. The standard InChI is InChI=1S/C13H29NO/c1-5-6-7-8-9-10-15-11-13(14-4)12(2)3/h12-14H,5-11H2,1-4H3. The maximum absolute atomic E-state index is 5.67. The van der Waals surface area contributed by atoms with Gasteiger partial charge in [-0.05, 0) is 19.4 Å². The zero-order chi connectivity index (χ0) is 11.5. The van der Waals surface area contributed by atoms with E-state index in [0.29, 0.717) is 12.0 Å². The van der Waals surface area contributed by atoms with Gasteiger partial charge < -0.3 is 10.1 Å². The molecule has 0 aromatic rings. The van der Waals surface area contributed by atoms with E-state index in [0.717, 1.165) is 13.2 Å². The molecule has 1 N–H and O–H groups in total. The van der Waals surface area contributed by atoms with E-state index in [9.17, 15) is 0 Å². The predicted octanol–water partition coefficient (Wildman–Crippen LogP) is 3.22. The van der Waals surface area contributed by atoms with Gasteiger partial charge in [-0.25, -0.2) is 0 Å². The van der Waals surface area contributed by atoms with Crippen LogP contribution in [0.2, 0.25) is 0 Å². The third kappa shape index (κ3) is 8.88. The molecule has 0 heterocycles. The first kappa shape index (κ1) is 14.9. The molecule has 0 amide bonds. The molecule has 0 saturated carbocycles. The molecule has 2 nitrogen and oxygen atoms in total. The third-order valence-electron chi connectivity index (χ3n) is 2.87. The van der Waals surface area contributed by atoms with Crippen molar-refractivity contribution in [1.29, 1.82) is 0 Å². The molecule has 0 aliphatic rings. The summed E-state index contributed by atoms with van der Waals surface area (Å²) in [5, 5.41) is 3.29. The maximum Gasteiger partial charge on any atom is 0.0621 e. The van der Waals surface area contributed by atoms with Crippen LogP contribution in [0.4, 0.5) is 0 Å². The highest BCUT2D eigenvalue weighted by molar-refractivity contribution is 4.66.